The molecule has 140 valence electrons. The Balaban J connectivity index is 1.57. The minimum Gasteiger partial charge on any atom is -0.360 e. The molecule has 4 aromatic rings. The number of carbonyl (C=O) groups is 1. The number of halogens is 1. The summed E-state index contributed by atoms with van der Waals surface area (Å²) in [6, 6.07) is 19.0. The van der Waals surface area contributed by atoms with E-state index in [0.29, 0.717) is 12.1 Å². The molecule has 5 heteroatoms. The number of benzene rings is 2. The Morgan fingerprint density at radius 3 is 2.57 bits per heavy atom. The third-order valence-corrected chi connectivity index (χ3v) is 5.08. The second-order valence-corrected chi connectivity index (χ2v) is 7.09. The van der Waals surface area contributed by atoms with Crippen molar-refractivity contribution in [1.82, 2.24) is 15.3 Å². The molecule has 4 rings (SSSR count). The summed E-state index contributed by atoms with van der Waals surface area (Å²) in [5.74, 6) is 0.0414. The lowest BCUT2D eigenvalue weighted by Crippen LogP contribution is -2.30. The van der Waals surface area contributed by atoms with Gasteiger partial charge in [-0.2, -0.15) is 0 Å². The number of nitrogens with one attached hydrogen (secondary N) is 2. The summed E-state index contributed by atoms with van der Waals surface area (Å²) in [5, 5.41) is 5.09. The SMILES string of the molecule is O=C(c1c[nH]c2ccccc12)[C@H](NCCc1ccc(Cl)cc1)c1ccncc1. The van der Waals surface area contributed by atoms with Crippen LogP contribution in [0.15, 0.2) is 79.3 Å². The normalized spacial score (nSPS) is 12.2. The van der Waals surface area contributed by atoms with Crippen LogP contribution in [0, 0.1) is 0 Å². The van der Waals surface area contributed by atoms with Crippen LogP contribution in [0.4, 0.5) is 0 Å². The number of H-pyrrole nitrogens is 1. The molecule has 0 saturated carbocycles. The van der Waals surface area contributed by atoms with Crippen molar-refractivity contribution < 1.29 is 4.79 Å². The molecule has 4 nitrogen and oxygen atoms in total. The van der Waals surface area contributed by atoms with Gasteiger partial charge < -0.3 is 10.3 Å². The molecule has 0 saturated heterocycles. The molecule has 0 aliphatic rings. The van der Waals surface area contributed by atoms with Gasteiger partial charge in [-0.3, -0.25) is 9.78 Å². The number of pyridine rings is 1. The Kier molecular flexibility index (Phi) is 5.51. The van der Waals surface area contributed by atoms with E-state index in [-0.39, 0.29) is 5.78 Å². The standard InChI is InChI=1S/C23H20ClN3O/c24-18-7-5-16(6-8-18)9-14-26-22(17-10-12-25-13-11-17)23(28)20-15-27-21-4-2-1-3-19(20)21/h1-8,10-13,15,22,26-27H,9,14H2/t22-/m1/s1. The fourth-order valence-electron chi connectivity index (χ4n) is 3.36. The van der Waals surface area contributed by atoms with E-state index in [9.17, 15) is 4.79 Å². The highest BCUT2D eigenvalue weighted by Crippen LogP contribution is 2.24. The summed E-state index contributed by atoms with van der Waals surface area (Å²) in [4.78, 5) is 20.7. The van der Waals surface area contributed by atoms with Gasteiger partial charge in [-0.25, -0.2) is 0 Å². The fraction of sp³-hybridized carbons (Fsp3) is 0.130. The topological polar surface area (TPSA) is 57.8 Å². The van der Waals surface area contributed by atoms with Crippen molar-refractivity contribution in [3.05, 3.63) is 101 Å². The fourth-order valence-corrected chi connectivity index (χ4v) is 3.49. The molecule has 0 amide bonds. The van der Waals surface area contributed by atoms with Gasteiger partial charge in [0, 0.05) is 46.6 Å². The number of rotatable bonds is 7. The van der Waals surface area contributed by atoms with Crippen LogP contribution in [-0.2, 0) is 6.42 Å². The van der Waals surface area contributed by atoms with E-state index < -0.39 is 6.04 Å². The van der Waals surface area contributed by atoms with E-state index in [0.717, 1.165) is 27.9 Å². The van der Waals surface area contributed by atoms with Gasteiger partial charge in [0.1, 0.15) is 0 Å². The molecule has 0 bridgehead atoms. The molecule has 0 unspecified atom stereocenters. The molecule has 2 aromatic carbocycles. The number of nitrogens with zero attached hydrogens (tertiary/aromatic N) is 1. The van der Waals surface area contributed by atoms with Crippen LogP contribution in [0.1, 0.15) is 27.5 Å². The minimum atomic E-state index is -0.436. The molecule has 0 aliphatic heterocycles. The number of fused-ring (bicyclic) bond motifs is 1. The Labute approximate surface area is 168 Å². The third kappa shape index (κ3) is 3.98. The number of carbonyl (C=O) groups excluding carboxylic acids is 1. The molecule has 0 spiro atoms. The van der Waals surface area contributed by atoms with E-state index in [1.54, 1.807) is 18.6 Å². The van der Waals surface area contributed by atoms with E-state index in [1.807, 2.05) is 60.7 Å². The lowest BCUT2D eigenvalue weighted by molar-refractivity contribution is 0.0945. The number of hydrogen-bond donors (Lipinski definition) is 2. The van der Waals surface area contributed by atoms with Crippen LogP contribution in [0.3, 0.4) is 0 Å². The number of para-hydroxylation sites is 1. The number of Topliss-reactive ketones (excluding diaryl/α,β-unsaturated/α-hetero) is 1. The smallest absolute Gasteiger partial charge is 0.186 e. The number of hydrogen-bond acceptors (Lipinski definition) is 3. The quantitative estimate of drug-likeness (QED) is 0.438. The Bertz CT molecular complexity index is 1070. The van der Waals surface area contributed by atoms with Gasteiger partial charge in [0.2, 0.25) is 0 Å². The summed E-state index contributed by atoms with van der Waals surface area (Å²) in [5.41, 5.74) is 3.73. The lowest BCUT2D eigenvalue weighted by Gasteiger charge is -2.18. The largest absolute Gasteiger partial charge is 0.360 e. The molecule has 0 fully saturated rings. The molecule has 2 N–H and O–H groups in total. The molecule has 2 heterocycles. The molecular weight excluding hydrogens is 370 g/mol. The first-order chi connectivity index (χ1) is 13.7. The minimum absolute atomic E-state index is 0.0414. The molecule has 0 aliphatic carbocycles. The summed E-state index contributed by atoms with van der Waals surface area (Å²) < 4.78 is 0. The molecule has 28 heavy (non-hydrogen) atoms. The highest BCUT2D eigenvalue weighted by atomic mass is 35.5. The lowest BCUT2D eigenvalue weighted by atomic mass is 9.97. The van der Waals surface area contributed by atoms with Crippen LogP contribution >= 0.6 is 11.6 Å². The van der Waals surface area contributed by atoms with Crippen LogP contribution in [0.2, 0.25) is 5.02 Å². The van der Waals surface area contributed by atoms with E-state index in [1.165, 1.54) is 5.56 Å². The number of aromatic amines is 1. The monoisotopic (exact) mass is 389 g/mol. The number of ketones is 1. The molecule has 0 radical (unpaired) electrons. The maximum Gasteiger partial charge on any atom is 0.186 e. The Morgan fingerprint density at radius 2 is 1.79 bits per heavy atom. The predicted octanol–water partition coefficient (Wildman–Crippen LogP) is 4.97. The first kappa shape index (κ1) is 18.4. The van der Waals surface area contributed by atoms with Gasteiger partial charge in [-0.15, -0.1) is 0 Å². The summed E-state index contributed by atoms with van der Waals surface area (Å²) in [7, 11) is 0. The first-order valence-electron chi connectivity index (χ1n) is 9.20. The Hall–Kier alpha value is -2.95. The van der Waals surface area contributed by atoms with Gasteiger partial charge in [0.25, 0.3) is 0 Å². The average Bonchev–Trinajstić information content (AvgIpc) is 3.17. The molecule has 2 aromatic heterocycles. The van der Waals surface area contributed by atoms with Crippen LogP contribution in [0.5, 0.6) is 0 Å². The average molecular weight is 390 g/mol. The highest BCUT2D eigenvalue weighted by molar-refractivity contribution is 6.30. The first-order valence-corrected chi connectivity index (χ1v) is 9.58. The summed E-state index contributed by atoms with van der Waals surface area (Å²) in [6.45, 7) is 0.669. The second kappa shape index (κ2) is 8.38. The van der Waals surface area contributed by atoms with E-state index in [2.05, 4.69) is 15.3 Å². The highest BCUT2D eigenvalue weighted by Gasteiger charge is 2.23. The van der Waals surface area contributed by atoms with Crippen LogP contribution in [-0.4, -0.2) is 22.3 Å². The van der Waals surface area contributed by atoms with E-state index in [4.69, 9.17) is 11.6 Å². The van der Waals surface area contributed by atoms with Crippen LogP contribution < -0.4 is 5.32 Å². The zero-order valence-corrected chi connectivity index (χ0v) is 16.0. The Morgan fingerprint density at radius 1 is 1.04 bits per heavy atom. The van der Waals surface area contributed by atoms with Crippen molar-refractivity contribution in [3.8, 4) is 0 Å². The second-order valence-electron chi connectivity index (χ2n) is 6.66. The maximum atomic E-state index is 13.4. The maximum absolute atomic E-state index is 13.4. The van der Waals surface area contributed by atoms with Crippen molar-refractivity contribution in [2.75, 3.05) is 6.54 Å². The molecule has 1 atom stereocenters. The zero-order chi connectivity index (χ0) is 19.3. The van der Waals surface area contributed by atoms with Gasteiger partial charge in [-0.1, -0.05) is 41.9 Å². The summed E-state index contributed by atoms with van der Waals surface area (Å²) in [6.07, 6.45) is 6.03. The van der Waals surface area contributed by atoms with E-state index >= 15 is 0 Å². The van der Waals surface area contributed by atoms with Crippen molar-refractivity contribution in [1.29, 1.82) is 0 Å². The van der Waals surface area contributed by atoms with Crippen molar-refractivity contribution in [2.45, 2.75) is 12.5 Å². The predicted molar refractivity (Wildman–Crippen MR) is 113 cm³/mol. The zero-order valence-electron chi connectivity index (χ0n) is 15.2. The van der Waals surface area contributed by atoms with Gasteiger partial charge in [-0.05, 0) is 47.9 Å². The summed E-state index contributed by atoms with van der Waals surface area (Å²) >= 11 is 5.95. The molecular formula is C23H20ClN3O. The van der Waals surface area contributed by atoms with Gasteiger partial charge in [0.05, 0.1) is 6.04 Å². The third-order valence-electron chi connectivity index (χ3n) is 4.83. The van der Waals surface area contributed by atoms with Crippen molar-refractivity contribution >= 4 is 28.3 Å². The number of aromatic nitrogens is 2. The van der Waals surface area contributed by atoms with Crippen LogP contribution in [0.25, 0.3) is 10.9 Å². The van der Waals surface area contributed by atoms with Gasteiger partial charge >= 0.3 is 0 Å². The van der Waals surface area contributed by atoms with Crippen molar-refractivity contribution in [2.24, 2.45) is 0 Å². The van der Waals surface area contributed by atoms with Gasteiger partial charge in [0.15, 0.2) is 5.78 Å². The van der Waals surface area contributed by atoms with Crippen molar-refractivity contribution in [3.63, 3.8) is 0 Å².